The Morgan fingerprint density at radius 2 is 2.07 bits per heavy atom. The van der Waals surface area contributed by atoms with E-state index in [1.165, 1.54) is 5.56 Å². The van der Waals surface area contributed by atoms with E-state index in [0.29, 0.717) is 11.8 Å². The molecule has 0 N–H and O–H groups in total. The van der Waals surface area contributed by atoms with Crippen molar-refractivity contribution in [1.82, 2.24) is 0 Å². The Morgan fingerprint density at radius 1 is 1.43 bits per heavy atom. The predicted octanol–water partition coefficient (Wildman–Crippen LogP) is 5.35. The first-order chi connectivity index (χ1) is 6.61. The fourth-order valence-electron chi connectivity index (χ4n) is 1.31. The fourth-order valence-corrected chi connectivity index (χ4v) is 2.62. The molecule has 0 aliphatic heterocycles. The van der Waals surface area contributed by atoms with Crippen molar-refractivity contribution >= 4 is 39.1 Å². The first-order valence-electron chi connectivity index (χ1n) is 4.64. The molecule has 0 aromatic heterocycles. The van der Waals surface area contributed by atoms with Gasteiger partial charge in [-0.05, 0) is 39.4 Å². The Hall–Kier alpha value is 0.280. The number of benzene rings is 1. The smallest absolute Gasteiger partial charge is 0.0595 e. The first kappa shape index (κ1) is 12.4. The zero-order valence-electron chi connectivity index (χ0n) is 8.28. The second-order valence-corrected chi connectivity index (χ2v) is 4.82. The van der Waals surface area contributed by atoms with Crippen LogP contribution in [0.15, 0.2) is 16.6 Å². The standard InChI is InChI=1S/C11H13BrCl2/c1-3-7(2)9-5-4-8(6-13)11(14)10(9)12/h4-5,7H,3,6H2,1-2H3. The van der Waals surface area contributed by atoms with Crippen LogP contribution in [0.4, 0.5) is 0 Å². The van der Waals surface area contributed by atoms with Crippen molar-refractivity contribution in [2.24, 2.45) is 0 Å². The van der Waals surface area contributed by atoms with Gasteiger partial charge in [-0.15, -0.1) is 11.6 Å². The monoisotopic (exact) mass is 294 g/mol. The summed E-state index contributed by atoms with van der Waals surface area (Å²) in [5.41, 5.74) is 2.23. The van der Waals surface area contributed by atoms with Gasteiger partial charge < -0.3 is 0 Å². The molecule has 0 aliphatic rings. The highest BCUT2D eigenvalue weighted by Gasteiger charge is 2.12. The lowest BCUT2D eigenvalue weighted by atomic mass is 9.98. The van der Waals surface area contributed by atoms with Gasteiger partial charge >= 0.3 is 0 Å². The largest absolute Gasteiger partial charge is 0.121 e. The number of hydrogen-bond donors (Lipinski definition) is 0. The molecule has 1 atom stereocenters. The van der Waals surface area contributed by atoms with E-state index in [-0.39, 0.29) is 0 Å². The second-order valence-electron chi connectivity index (χ2n) is 3.38. The molecule has 0 nitrogen and oxygen atoms in total. The lowest BCUT2D eigenvalue weighted by Crippen LogP contribution is -1.95. The van der Waals surface area contributed by atoms with Gasteiger partial charge in [-0.3, -0.25) is 0 Å². The number of rotatable bonds is 3. The van der Waals surface area contributed by atoms with E-state index in [1.54, 1.807) is 0 Å². The number of alkyl halides is 1. The molecular weight excluding hydrogens is 283 g/mol. The van der Waals surface area contributed by atoms with Gasteiger partial charge in [0.2, 0.25) is 0 Å². The van der Waals surface area contributed by atoms with Crippen LogP contribution < -0.4 is 0 Å². The summed E-state index contributed by atoms with van der Waals surface area (Å²) in [5, 5.41) is 0.748. The van der Waals surface area contributed by atoms with E-state index in [4.69, 9.17) is 23.2 Å². The molecule has 3 heteroatoms. The lowest BCUT2D eigenvalue weighted by Gasteiger charge is -2.14. The third-order valence-electron chi connectivity index (χ3n) is 2.48. The first-order valence-corrected chi connectivity index (χ1v) is 6.35. The van der Waals surface area contributed by atoms with Crippen molar-refractivity contribution in [2.75, 3.05) is 0 Å². The van der Waals surface area contributed by atoms with Gasteiger partial charge in [-0.25, -0.2) is 0 Å². The molecule has 0 aliphatic carbocycles. The molecule has 0 saturated heterocycles. The van der Waals surface area contributed by atoms with Crippen LogP contribution in [0.3, 0.4) is 0 Å². The second kappa shape index (κ2) is 5.39. The molecule has 78 valence electrons. The maximum absolute atomic E-state index is 6.17. The van der Waals surface area contributed by atoms with Crippen LogP contribution >= 0.6 is 39.1 Å². The van der Waals surface area contributed by atoms with Gasteiger partial charge in [-0.1, -0.05) is 37.6 Å². The molecule has 0 bridgehead atoms. The van der Waals surface area contributed by atoms with Crippen molar-refractivity contribution in [3.8, 4) is 0 Å². The fraction of sp³-hybridized carbons (Fsp3) is 0.455. The predicted molar refractivity (Wildman–Crippen MR) is 67.4 cm³/mol. The van der Waals surface area contributed by atoms with Crippen molar-refractivity contribution in [3.05, 3.63) is 32.8 Å². The van der Waals surface area contributed by atoms with Crippen LogP contribution in [0, 0.1) is 0 Å². The Kier molecular flexibility index (Phi) is 4.75. The van der Waals surface area contributed by atoms with Crippen LogP contribution in [0.1, 0.15) is 37.3 Å². The van der Waals surface area contributed by atoms with Gasteiger partial charge in [0.25, 0.3) is 0 Å². The Balaban J connectivity index is 3.17. The third-order valence-corrected chi connectivity index (χ3v) is 4.28. The molecule has 1 aromatic carbocycles. The summed E-state index contributed by atoms with van der Waals surface area (Å²) in [7, 11) is 0. The van der Waals surface area contributed by atoms with E-state index in [0.717, 1.165) is 21.5 Å². The molecule has 0 heterocycles. The minimum Gasteiger partial charge on any atom is -0.121 e. The normalized spacial score (nSPS) is 12.9. The van der Waals surface area contributed by atoms with Crippen LogP contribution in [-0.4, -0.2) is 0 Å². The summed E-state index contributed by atoms with van der Waals surface area (Å²) in [4.78, 5) is 0. The highest BCUT2D eigenvalue weighted by Crippen LogP contribution is 2.35. The molecule has 0 radical (unpaired) electrons. The van der Waals surface area contributed by atoms with Crippen LogP contribution in [0.2, 0.25) is 5.02 Å². The molecular formula is C11H13BrCl2. The van der Waals surface area contributed by atoms with Gasteiger partial charge in [-0.2, -0.15) is 0 Å². The van der Waals surface area contributed by atoms with Gasteiger partial charge in [0.1, 0.15) is 0 Å². The summed E-state index contributed by atoms with van der Waals surface area (Å²) in [6, 6.07) is 4.10. The van der Waals surface area contributed by atoms with Crippen LogP contribution in [0.5, 0.6) is 0 Å². The van der Waals surface area contributed by atoms with Crippen molar-refractivity contribution in [2.45, 2.75) is 32.1 Å². The summed E-state index contributed by atoms with van der Waals surface area (Å²) >= 11 is 15.5. The van der Waals surface area contributed by atoms with E-state index < -0.39 is 0 Å². The number of halogens is 3. The Morgan fingerprint density at radius 3 is 2.57 bits per heavy atom. The van der Waals surface area contributed by atoms with Crippen molar-refractivity contribution in [1.29, 1.82) is 0 Å². The summed E-state index contributed by atoms with van der Waals surface area (Å²) in [6.45, 7) is 4.36. The SMILES string of the molecule is CCC(C)c1ccc(CCl)c(Cl)c1Br. The zero-order chi connectivity index (χ0) is 10.7. The molecule has 0 spiro atoms. The quantitative estimate of drug-likeness (QED) is 0.659. The Bertz CT molecular complexity index is 323. The maximum Gasteiger partial charge on any atom is 0.0595 e. The summed E-state index contributed by atoms with van der Waals surface area (Å²) in [5.74, 6) is 0.976. The van der Waals surface area contributed by atoms with Crippen LogP contribution in [-0.2, 0) is 5.88 Å². The summed E-state index contributed by atoms with van der Waals surface area (Å²) < 4.78 is 0.992. The number of hydrogen-bond acceptors (Lipinski definition) is 0. The Labute approximate surface area is 104 Å². The van der Waals surface area contributed by atoms with Crippen LogP contribution in [0.25, 0.3) is 0 Å². The van der Waals surface area contributed by atoms with E-state index in [1.807, 2.05) is 6.07 Å². The molecule has 14 heavy (non-hydrogen) atoms. The molecule has 1 rings (SSSR count). The highest BCUT2D eigenvalue weighted by molar-refractivity contribution is 9.10. The van der Waals surface area contributed by atoms with Crippen molar-refractivity contribution in [3.63, 3.8) is 0 Å². The molecule has 0 amide bonds. The van der Waals surface area contributed by atoms with E-state index in [9.17, 15) is 0 Å². The molecule has 1 unspecified atom stereocenters. The highest BCUT2D eigenvalue weighted by atomic mass is 79.9. The molecule has 0 fully saturated rings. The zero-order valence-corrected chi connectivity index (χ0v) is 11.4. The van der Waals surface area contributed by atoms with E-state index >= 15 is 0 Å². The van der Waals surface area contributed by atoms with Crippen molar-refractivity contribution < 1.29 is 0 Å². The minimum absolute atomic E-state index is 0.457. The van der Waals surface area contributed by atoms with Gasteiger partial charge in [0, 0.05) is 10.4 Å². The third kappa shape index (κ3) is 2.44. The lowest BCUT2D eigenvalue weighted by molar-refractivity contribution is 0.730. The average molecular weight is 296 g/mol. The minimum atomic E-state index is 0.457. The molecule has 1 aromatic rings. The average Bonchev–Trinajstić information content (AvgIpc) is 2.21. The van der Waals surface area contributed by atoms with E-state index in [2.05, 4.69) is 35.8 Å². The maximum atomic E-state index is 6.17. The molecule has 0 saturated carbocycles. The topological polar surface area (TPSA) is 0 Å². The van der Waals surface area contributed by atoms with Gasteiger partial charge in [0.05, 0.1) is 5.02 Å². The van der Waals surface area contributed by atoms with Gasteiger partial charge in [0.15, 0.2) is 0 Å². The summed E-state index contributed by atoms with van der Waals surface area (Å²) in [6.07, 6.45) is 1.11.